The van der Waals surface area contributed by atoms with Gasteiger partial charge in [0.2, 0.25) is 15.9 Å². The number of unbranched alkanes of at least 4 members (excludes halogenated alkanes) is 13. The molecule has 3 N–H and O–H groups in total. The highest BCUT2D eigenvalue weighted by Gasteiger charge is 2.46. The molecule has 1 fully saturated rings. The number of alkyl carbamates (subject to hydrolysis) is 1. The molecule has 0 unspecified atom stereocenters. The van der Waals surface area contributed by atoms with Gasteiger partial charge in [0.05, 0.1) is 24.1 Å². The lowest BCUT2D eigenvalue weighted by Gasteiger charge is -2.26. The summed E-state index contributed by atoms with van der Waals surface area (Å²) in [4.78, 5) is 70.5. The number of methoxy groups -OCH3 is 1. The highest BCUT2D eigenvalue weighted by Crippen LogP contribution is 2.34. The number of benzene rings is 1. The molecule has 0 aliphatic carbocycles. The van der Waals surface area contributed by atoms with Crippen LogP contribution in [-0.2, 0) is 29.1 Å². The van der Waals surface area contributed by atoms with Crippen molar-refractivity contribution in [3.63, 3.8) is 0 Å². The molecule has 3 atom stereocenters. The van der Waals surface area contributed by atoms with Crippen LogP contribution in [0.2, 0.25) is 0 Å². The molecule has 2 aliphatic heterocycles. The van der Waals surface area contributed by atoms with Crippen molar-refractivity contribution in [2.24, 2.45) is 0 Å². The van der Waals surface area contributed by atoms with Crippen LogP contribution in [0, 0.1) is 0 Å². The maximum absolute atomic E-state index is 14.4. The number of anilines is 1. The normalized spacial score (nSPS) is 16.5. The number of hydrogen-bond donors (Lipinski definition) is 3. The van der Waals surface area contributed by atoms with Crippen molar-refractivity contribution in [1.82, 2.24) is 20.3 Å². The number of nitrogens with one attached hydrogen (secondary N) is 3. The summed E-state index contributed by atoms with van der Waals surface area (Å²) >= 11 is 1.48. The second kappa shape index (κ2) is 33.3. The monoisotopic (exact) mass is 1010 g/mol. The lowest BCUT2D eigenvalue weighted by Crippen LogP contribution is -2.47. The SMILES string of the molecule is C=CCOC(=O)NCCN1C(=O)[C@@H]2C[C@H](NS(=O)(=O)CCCCCCCCCCCCCCCC)CN2C(=O)c2cc(C(=O)N[C@@H](CSC/C=C(\C)CC/C=C(\C)CCC=C(C)C)C(=O)OC)ccc21. The minimum atomic E-state index is -3.72. The fourth-order valence-corrected chi connectivity index (χ4v) is 11.1. The molecule has 14 nitrogen and oxygen atoms in total. The number of esters is 1. The van der Waals surface area contributed by atoms with E-state index in [2.05, 4.69) is 74.8 Å². The highest BCUT2D eigenvalue weighted by molar-refractivity contribution is 7.99. The average Bonchev–Trinajstić information content (AvgIpc) is 3.72. The number of hydrogen-bond acceptors (Lipinski definition) is 10. The van der Waals surface area contributed by atoms with Crippen molar-refractivity contribution in [1.29, 1.82) is 0 Å². The van der Waals surface area contributed by atoms with E-state index in [1.54, 1.807) is 0 Å². The van der Waals surface area contributed by atoms with E-state index in [-0.39, 0.29) is 61.0 Å². The Morgan fingerprint density at radius 1 is 0.871 bits per heavy atom. The standard InChI is InChI=1S/C54H85N5O9S2/c1-8-10-11-12-13-14-15-16-17-18-19-20-21-22-36-70(65,66)57-45-38-49-52(62)58(33-32-55-54(64)68-34-9-2)48-30-29-44(37-46(48)51(61)59(49)39-45)50(60)56-47(53(63)67-7)40-69-35-31-43(6)28-24-27-42(5)26-23-25-41(3)4/h9,25,27,29-31,37,45,47,49,57H,2,8,10-24,26,28,32-36,38-40H2,1,3-7H3,(H,55,64)(H,56,60)/b42-27+,43-31+/t45-,47-,49-/m0/s1. The quantitative estimate of drug-likeness (QED) is 0.0336. The third kappa shape index (κ3) is 22.3. The molecule has 2 heterocycles. The fourth-order valence-electron chi connectivity index (χ4n) is 8.68. The zero-order chi connectivity index (χ0) is 51.3. The van der Waals surface area contributed by atoms with Gasteiger partial charge in [0.1, 0.15) is 18.7 Å². The number of thioether (sulfide) groups is 1. The Bertz CT molecular complexity index is 2050. The molecule has 70 heavy (non-hydrogen) atoms. The molecule has 1 aromatic carbocycles. The first-order chi connectivity index (χ1) is 33.6. The van der Waals surface area contributed by atoms with Crippen molar-refractivity contribution in [3.05, 3.63) is 76.9 Å². The predicted molar refractivity (Wildman–Crippen MR) is 285 cm³/mol. The minimum absolute atomic E-state index is 0.00781. The van der Waals surface area contributed by atoms with Gasteiger partial charge in [-0.1, -0.05) is 138 Å². The van der Waals surface area contributed by atoms with E-state index in [1.807, 2.05) is 0 Å². The van der Waals surface area contributed by atoms with Crippen molar-refractivity contribution in [3.8, 4) is 0 Å². The third-order valence-corrected chi connectivity index (χ3v) is 15.2. The van der Waals surface area contributed by atoms with Crippen LogP contribution < -0.4 is 20.3 Å². The summed E-state index contributed by atoms with van der Waals surface area (Å²) in [5, 5.41) is 5.38. The predicted octanol–water partition coefficient (Wildman–Crippen LogP) is 10.4. The van der Waals surface area contributed by atoms with E-state index in [0.29, 0.717) is 12.2 Å². The first-order valence-electron chi connectivity index (χ1n) is 25.8. The Labute approximate surface area is 424 Å². The van der Waals surface area contributed by atoms with Crippen LogP contribution in [0.4, 0.5) is 10.5 Å². The number of rotatable bonds is 35. The summed E-state index contributed by atoms with van der Waals surface area (Å²) < 4.78 is 39.5. The van der Waals surface area contributed by atoms with E-state index >= 15 is 0 Å². The van der Waals surface area contributed by atoms with Gasteiger partial charge in [-0.2, -0.15) is 11.8 Å². The van der Waals surface area contributed by atoms with Gasteiger partial charge in [-0.25, -0.2) is 22.7 Å². The summed E-state index contributed by atoms with van der Waals surface area (Å²) in [5.74, 6) is -1.41. The molecule has 0 bridgehead atoms. The van der Waals surface area contributed by atoms with E-state index in [0.717, 1.165) is 51.4 Å². The van der Waals surface area contributed by atoms with Crippen molar-refractivity contribution in [2.45, 2.75) is 175 Å². The summed E-state index contributed by atoms with van der Waals surface area (Å²) in [6.07, 6.45) is 27.6. The van der Waals surface area contributed by atoms with Crippen molar-refractivity contribution >= 4 is 57.3 Å². The minimum Gasteiger partial charge on any atom is -0.467 e. The summed E-state index contributed by atoms with van der Waals surface area (Å²) in [6.45, 7) is 14.1. The molecule has 2 aliphatic rings. The number of amides is 4. The van der Waals surface area contributed by atoms with Gasteiger partial charge in [-0.3, -0.25) is 14.4 Å². The number of allylic oxidation sites excluding steroid dienone is 5. The molecule has 3 rings (SSSR count). The van der Waals surface area contributed by atoms with Crippen LogP contribution in [0.1, 0.15) is 177 Å². The molecule has 16 heteroatoms. The number of fused-ring (bicyclic) bond motifs is 2. The Morgan fingerprint density at radius 2 is 1.49 bits per heavy atom. The summed E-state index contributed by atoms with van der Waals surface area (Å²) in [7, 11) is -2.46. The first kappa shape index (κ1) is 59.9. The Kier molecular flexibility index (Phi) is 28.5. The van der Waals surface area contributed by atoms with Crippen LogP contribution in [0.3, 0.4) is 0 Å². The van der Waals surface area contributed by atoms with E-state index in [9.17, 15) is 32.4 Å². The second-order valence-corrected chi connectivity index (χ2v) is 22.0. The highest BCUT2D eigenvalue weighted by atomic mass is 32.2. The number of ether oxygens (including phenoxy) is 2. The van der Waals surface area contributed by atoms with Crippen molar-refractivity contribution in [2.75, 3.05) is 55.5 Å². The molecular weight excluding hydrogens is 927 g/mol. The molecular formula is C54H85N5O9S2. The van der Waals surface area contributed by atoms with Gasteiger partial charge in [-0.15, -0.1) is 0 Å². The lowest BCUT2D eigenvalue weighted by molar-refractivity contribution is -0.142. The average molecular weight is 1010 g/mol. The Balaban J connectivity index is 1.65. The van der Waals surface area contributed by atoms with Gasteiger partial charge in [0, 0.05) is 42.7 Å². The Hall–Kier alpha value is -4.41. The van der Waals surface area contributed by atoms with Crippen LogP contribution in [-0.4, -0.2) is 112 Å². The van der Waals surface area contributed by atoms with Crippen LogP contribution in [0.25, 0.3) is 0 Å². The van der Waals surface area contributed by atoms with Crippen molar-refractivity contribution < 1.29 is 41.9 Å². The zero-order valence-corrected chi connectivity index (χ0v) is 44.9. The van der Waals surface area contributed by atoms with E-state index in [1.165, 1.54) is 127 Å². The first-order valence-corrected chi connectivity index (χ1v) is 28.6. The summed E-state index contributed by atoms with van der Waals surface area (Å²) in [6, 6.07) is 1.67. The molecule has 1 aromatic rings. The van der Waals surface area contributed by atoms with Crippen LogP contribution in [0.15, 0.2) is 65.8 Å². The molecule has 0 saturated carbocycles. The molecule has 4 amide bonds. The van der Waals surface area contributed by atoms with Gasteiger partial charge < -0.3 is 29.9 Å². The maximum atomic E-state index is 14.4. The molecule has 0 spiro atoms. The van der Waals surface area contributed by atoms with E-state index in [4.69, 9.17) is 9.47 Å². The molecule has 0 aromatic heterocycles. The number of sulfonamides is 1. The third-order valence-electron chi connectivity index (χ3n) is 12.7. The van der Waals surface area contributed by atoms with Gasteiger partial charge in [0.25, 0.3) is 11.8 Å². The topological polar surface area (TPSA) is 181 Å². The maximum Gasteiger partial charge on any atom is 0.407 e. The molecule has 392 valence electrons. The lowest BCUT2D eigenvalue weighted by atomic mass is 10.0. The number of carbonyl (C=O) groups is 5. The van der Waals surface area contributed by atoms with Crippen LogP contribution >= 0.6 is 11.8 Å². The van der Waals surface area contributed by atoms with Gasteiger partial charge in [-0.05, 0) is 84.4 Å². The zero-order valence-electron chi connectivity index (χ0n) is 43.3. The number of nitrogens with zero attached hydrogens (tertiary/aromatic N) is 2. The second-order valence-electron chi connectivity index (χ2n) is 19.0. The van der Waals surface area contributed by atoms with Crippen LogP contribution in [0.5, 0.6) is 0 Å². The number of carbonyl (C=O) groups excluding carboxylic acids is 5. The van der Waals surface area contributed by atoms with Gasteiger partial charge in [0.15, 0.2) is 0 Å². The molecule has 0 radical (unpaired) electrons. The van der Waals surface area contributed by atoms with E-state index < -0.39 is 57.9 Å². The van der Waals surface area contributed by atoms with Gasteiger partial charge >= 0.3 is 12.1 Å². The fraction of sp³-hybridized carbons (Fsp3) is 0.648. The summed E-state index contributed by atoms with van der Waals surface area (Å²) in [5.41, 5.74) is 4.28. The smallest absolute Gasteiger partial charge is 0.407 e. The molecule has 1 saturated heterocycles. The largest absolute Gasteiger partial charge is 0.467 e. The Morgan fingerprint density at radius 3 is 2.10 bits per heavy atom.